The lowest BCUT2D eigenvalue weighted by atomic mass is 9.99. The van der Waals surface area contributed by atoms with Crippen LogP contribution in [0.2, 0.25) is 0 Å². The molecule has 42 heavy (non-hydrogen) atoms. The molecule has 3 aliphatic rings. The molecule has 222 valence electrons. The van der Waals surface area contributed by atoms with E-state index < -0.39 is 9.84 Å². The second-order valence-corrected chi connectivity index (χ2v) is 13.1. The third kappa shape index (κ3) is 5.85. The average Bonchev–Trinajstić information content (AvgIpc) is 3.65. The van der Waals surface area contributed by atoms with E-state index in [0.29, 0.717) is 58.5 Å². The fourth-order valence-electron chi connectivity index (χ4n) is 5.92. The van der Waals surface area contributed by atoms with Gasteiger partial charge in [0.05, 0.1) is 42.2 Å². The van der Waals surface area contributed by atoms with Gasteiger partial charge in [-0.15, -0.1) is 0 Å². The van der Waals surface area contributed by atoms with Gasteiger partial charge >= 0.3 is 0 Å². The molecular formula is C28H34N8O5S. The fraction of sp³-hybridized carbons (Fsp3) is 0.500. The first-order chi connectivity index (χ1) is 20.3. The van der Waals surface area contributed by atoms with Gasteiger partial charge in [0.2, 0.25) is 5.95 Å². The van der Waals surface area contributed by atoms with Crippen LogP contribution < -0.4 is 15.4 Å². The molecular weight excluding hydrogens is 560 g/mol. The molecule has 1 amide bonds. The van der Waals surface area contributed by atoms with Crippen LogP contribution in [0.15, 0.2) is 18.3 Å². The zero-order valence-corrected chi connectivity index (χ0v) is 24.3. The van der Waals surface area contributed by atoms with Crippen molar-refractivity contribution in [1.29, 1.82) is 5.26 Å². The number of fused-ring (bicyclic) bond motifs is 2. The number of morpholine rings is 1. The number of benzene rings is 1. The second kappa shape index (κ2) is 11.7. The molecule has 3 N–H and O–H groups in total. The predicted molar refractivity (Wildman–Crippen MR) is 157 cm³/mol. The number of anilines is 3. The highest BCUT2D eigenvalue weighted by Crippen LogP contribution is 2.38. The normalized spacial score (nSPS) is 18.0. The summed E-state index contributed by atoms with van der Waals surface area (Å²) in [4.78, 5) is 30.1. The lowest BCUT2D eigenvalue weighted by molar-refractivity contribution is 0.00158. The van der Waals surface area contributed by atoms with Gasteiger partial charge in [0.15, 0.2) is 0 Å². The van der Waals surface area contributed by atoms with Crippen LogP contribution in [0.1, 0.15) is 34.3 Å². The standard InChI is InChI=1S/C28H34N8O5S/c1-42(38,39)15-7-30-25-23-18(16-29)17-31-26(23)34-28(33-25)32-22-3-2-21(20-6-12-41-24(20)22)27(37)36-8-4-19(5-9-36)35-10-13-40-14-11-35/h2-3,17,19H,4-15H2,1H3,(H3,30,31,32,33,34). The maximum atomic E-state index is 13.6. The Hall–Kier alpha value is -3.93. The number of ether oxygens (including phenoxy) is 2. The quantitative estimate of drug-likeness (QED) is 0.349. The molecule has 0 saturated carbocycles. The zero-order chi connectivity index (χ0) is 29.3. The molecule has 3 aliphatic heterocycles. The molecule has 2 saturated heterocycles. The number of carbonyl (C=O) groups excluding carboxylic acids is 1. The minimum atomic E-state index is -3.19. The maximum absolute atomic E-state index is 13.6. The number of aromatic amines is 1. The van der Waals surface area contributed by atoms with Gasteiger partial charge in [0.25, 0.3) is 5.91 Å². The number of likely N-dealkylation sites (tertiary alicyclic amines) is 1. The van der Waals surface area contributed by atoms with Crippen LogP contribution in [-0.4, -0.2) is 110 Å². The fourth-order valence-corrected chi connectivity index (χ4v) is 6.40. The van der Waals surface area contributed by atoms with Gasteiger partial charge in [-0.2, -0.15) is 15.2 Å². The summed E-state index contributed by atoms with van der Waals surface area (Å²) in [5.74, 6) is 1.11. The van der Waals surface area contributed by atoms with Crippen LogP contribution in [0.5, 0.6) is 5.75 Å². The molecule has 2 fully saturated rings. The summed E-state index contributed by atoms with van der Waals surface area (Å²) in [7, 11) is -3.19. The van der Waals surface area contributed by atoms with Gasteiger partial charge in [-0.05, 0) is 25.0 Å². The minimum absolute atomic E-state index is 0.0224. The Balaban J connectivity index is 1.21. The molecule has 3 aromatic rings. The average molecular weight is 595 g/mol. The van der Waals surface area contributed by atoms with Crippen molar-refractivity contribution in [3.8, 4) is 11.8 Å². The highest BCUT2D eigenvalue weighted by molar-refractivity contribution is 7.90. The number of aromatic nitrogens is 3. The Labute approximate surface area is 244 Å². The molecule has 0 aliphatic carbocycles. The number of piperidine rings is 1. The smallest absolute Gasteiger partial charge is 0.254 e. The van der Waals surface area contributed by atoms with E-state index in [1.54, 1.807) is 6.07 Å². The molecule has 0 unspecified atom stereocenters. The van der Waals surface area contributed by atoms with Crippen molar-refractivity contribution in [2.75, 3.05) is 75.2 Å². The molecule has 1 aromatic carbocycles. The number of amides is 1. The topological polar surface area (TPSA) is 166 Å². The number of rotatable bonds is 8. The molecule has 0 atom stereocenters. The van der Waals surface area contributed by atoms with E-state index in [0.717, 1.165) is 64.1 Å². The maximum Gasteiger partial charge on any atom is 0.254 e. The van der Waals surface area contributed by atoms with E-state index >= 15 is 0 Å². The Bertz CT molecular complexity index is 1640. The number of hydrogen-bond acceptors (Lipinski definition) is 11. The van der Waals surface area contributed by atoms with E-state index in [9.17, 15) is 18.5 Å². The number of nitriles is 1. The molecule has 0 spiro atoms. The molecule has 5 heterocycles. The second-order valence-electron chi connectivity index (χ2n) is 10.9. The summed E-state index contributed by atoms with van der Waals surface area (Å²) < 4.78 is 34.7. The predicted octanol–water partition coefficient (Wildman–Crippen LogP) is 1.90. The van der Waals surface area contributed by atoms with Crippen LogP contribution in [0.4, 0.5) is 17.5 Å². The molecule has 0 bridgehead atoms. The summed E-state index contributed by atoms with van der Waals surface area (Å²) in [6, 6.07) is 6.24. The number of nitrogens with zero attached hydrogens (tertiary/aromatic N) is 5. The van der Waals surface area contributed by atoms with Gasteiger partial charge in [-0.1, -0.05) is 0 Å². The Morgan fingerprint density at radius 3 is 2.69 bits per heavy atom. The van der Waals surface area contributed by atoms with Gasteiger partial charge in [0.1, 0.15) is 33.1 Å². The van der Waals surface area contributed by atoms with Crippen molar-refractivity contribution in [2.24, 2.45) is 0 Å². The third-order valence-electron chi connectivity index (χ3n) is 8.07. The van der Waals surface area contributed by atoms with Crippen LogP contribution in [0.3, 0.4) is 0 Å². The third-order valence-corrected chi connectivity index (χ3v) is 9.01. The van der Waals surface area contributed by atoms with Crippen LogP contribution in [0, 0.1) is 11.3 Å². The van der Waals surface area contributed by atoms with Crippen LogP contribution in [0.25, 0.3) is 11.0 Å². The van der Waals surface area contributed by atoms with Crippen molar-refractivity contribution in [3.63, 3.8) is 0 Å². The van der Waals surface area contributed by atoms with E-state index in [2.05, 4.69) is 36.6 Å². The van der Waals surface area contributed by atoms with E-state index in [-0.39, 0.29) is 24.2 Å². The Kier molecular flexibility index (Phi) is 7.89. The van der Waals surface area contributed by atoms with Crippen LogP contribution in [-0.2, 0) is 21.0 Å². The van der Waals surface area contributed by atoms with Crippen molar-refractivity contribution < 1.29 is 22.7 Å². The van der Waals surface area contributed by atoms with Crippen LogP contribution >= 0.6 is 0 Å². The first kappa shape index (κ1) is 28.2. The molecule has 14 heteroatoms. The van der Waals surface area contributed by atoms with E-state index in [1.165, 1.54) is 6.20 Å². The van der Waals surface area contributed by atoms with Gasteiger partial charge in [0, 0.05) is 68.8 Å². The lowest BCUT2D eigenvalue weighted by Crippen LogP contribution is -2.50. The summed E-state index contributed by atoms with van der Waals surface area (Å²) in [6.07, 6.45) is 5.23. The first-order valence-electron chi connectivity index (χ1n) is 14.2. The van der Waals surface area contributed by atoms with Gasteiger partial charge < -0.3 is 30.0 Å². The number of H-pyrrole nitrogens is 1. The number of carbonyl (C=O) groups is 1. The summed E-state index contributed by atoms with van der Waals surface area (Å²) in [5.41, 5.74) is 2.91. The highest BCUT2D eigenvalue weighted by Gasteiger charge is 2.31. The number of sulfone groups is 1. The van der Waals surface area contributed by atoms with Crippen molar-refractivity contribution in [1.82, 2.24) is 24.8 Å². The Morgan fingerprint density at radius 1 is 1.17 bits per heavy atom. The monoisotopic (exact) mass is 594 g/mol. The molecule has 13 nitrogen and oxygen atoms in total. The molecule has 2 aromatic heterocycles. The van der Waals surface area contributed by atoms with E-state index in [1.807, 2.05) is 11.0 Å². The van der Waals surface area contributed by atoms with Gasteiger partial charge in [-0.3, -0.25) is 9.69 Å². The van der Waals surface area contributed by atoms with Crippen molar-refractivity contribution in [2.45, 2.75) is 25.3 Å². The van der Waals surface area contributed by atoms with Crippen molar-refractivity contribution >= 4 is 44.2 Å². The number of nitrogens with one attached hydrogen (secondary N) is 3. The summed E-state index contributed by atoms with van der Waals surface area (Å²) in [6.45, 7) is 5.50. The molecule has 0 radical (unpaired) electrons. The summed E-state index contributed by atoms with van der Waals surface area (Å²) >= 11 is 0. The Morgan fingerprint density at radius 2 is 1.95 bits per heavy atom. The van der Waals surface area contributed by atoms with Gasteiger partial charge in [-0.25, -0.2) is 8.42 Å². The lowest BCUT2D eigenvalue weighted by Gasteiger charge is -2.40. The largest absolute Gasteiger partial charge is 0.491 e. The van der Waals surface area contributed by atoms with Crippen molar-refractivity contribution in [3.05, 3.63) is 35.0 Å². The summed E-state index contributed by atoms with van der Waals surface area (Å²) in [5, 5.41) is 16.3. The first-order valence-corrected chi connectivity index (χ1v) is 16.2. The number of hydrogen-bond donors (Lipinski definition) is 3. The SMILES string of the molecule is CS(=O)(=O)CCNc1nc(Nc2ccc(C(=O)N3CCC(N4CCOCC4)CC3)c3c2OCC3)nc2[nH]cc(C#N)c12. The highest BCUT2D eigenvalue weighted by atomic mass is 32.2. The minimum Gasteiger partial charge on any atom is -0.491 e. The molecule has 6 rings (SSSR count). The van der Waals surface area contributed by atoms with E-state index in [4.69, 9.17) is 9.47 Å². The zero-order valence-electron chi connectivity index (χ0n) is 23.5.